The van der Waals surface area contributed by atoms with Gasteiger partial charge in [-0.3, -0.25) is 14.4 Å². The predicted octanol–water partition coefficient (Wildman–Crippen LogP) is 3.15. The first kappa shape index (κ1) is 22.1. The number of ether oxygens (including phenoxy) is 1. The maximum absolute atomic E-state index is 13.3. The Labute approximate surface area is 180 Å². The molecule has 160 valence electrons. The van der Waals surface area contributed by atoms with Crippen molar-refractivity contribution in [1.82, 2.24) is 9.80 Å². The van der Waals surface area contributed by atoms with Gasteiger partial charge in [-0.15, -0.1) is 0 Å². The van der Waals surface area contributed by atoms with Crippen molar-refractivity contribution in [3.63, 3.8) is 0 Å². The molecule has 0 N–H and O–H groups in total. The summed E-state index contributed by atoms with van der Waals surface area (Å²) in [5, 5.41) is 0.273. The Hall–Kier alpha value is -2.64. The van der Waals surface area contributed by atoms with Gasteiger partial charge in [0.15, 0.2) is 5.78 Å². The van der Waals surface area contributed by atoms with Gasteiger partial charge >= 0.3 is 0 Å². The number of hydrogen-bond donors (Lipinski definition) is 0. The Balaban J connectivity index is 1.99. The van der Waals surface area contributed by atoms with E-state index in [1.54, 1.807) is 31.2 Å². The van der Waals surface area contributed by atoms with Gasteiger partial charge < -0.3 is 19.0 Å². The van der Waals surface area contributed by atoms with Gasteiger partial charge in [0.2, 0.25) is 5.78 Å². The second-order valence-electron chi connectivity index (χ2n) is 7.48. The van der Waals surface area contributed by atoms with E-state index in [9.17, 15) is 14.4 Å². The number of halogens is 1. The van der Waals surface area contributed by atoms with Crippen LogP contribution in [0, 0.1) is 12.8 Å². The molecule has 2 unspecified atom stereocenters. The molecule has 0 bridgehead atoms. The molecule has 7 nitrogen and oxygen atoms in total. The number of likely N-dealkylation sites (tertiary alicyclic amines) is 1. The summed E-state index contributed by atoms with van der Waals surface area (Å²) in [6.07, 6.45) is 0. The zero-order chi connectivity index (χ0) is 22.0. The third-order valence-corrected chi connectivity index (χ3v) is 5.34. The number of Topliss-reactive ketones (excluding diaryl/α,β-unsaturated/α-hetero) is 2. The normalized spacial score (nSPS) is 19.1. The number of aryl methyl sites for hydroxylation is 1. The molecule has 0 saturated carbocycles. The minimum atomic E-state index is -1.20. The van der Waals surface area contributed by atoms with E-state index in [0.29, 0.717) is 37.0 Å². The Morgan fingerprint density at radius 3 is 2.53 bits per heavy atom. The van der Waals surface area contributed by atoms with Crippen LogP contribution in [-0.4, -0.2) is 61.1 Å². The van der Waals surface area contributed by atoms with Crippen molar-refractivity contribution < 1.29 is 23.5 Å². The van der Waals surface area contributed by atoms with Crippen LogP contribution in [0.15, 0.2) is 34.7 Å². The number of rotatable bonds is 8. The number of amides is 1. The van der Waals surface area contributed by atoms with Crippen molar-refractivity contribution >= 4 is 29.1 Å². The molecule has 0 spiro atoms. The van der Waals surface area contributed by atoms with Crippen LogP contribution in [0.4, 0.5) is 0 Å². The van der Waals surface area contributed by atoms with Crippen LogP contribution >= 0.6 is 11.6 Å². The first-order chi connectivity index (χ1) is 14.2. The lowest BCUT2D eigenvalue weighted by molar-refractivity contribution is -0.140. The topological polar surface area (TPSA) is 80.1 Å². The minimum absolute atomic E-state index is 0.248. The van der Waals surface area contributed by atoms with Crippen LogP contribution < -0.4 is 4.74 Å². The van der Waals surface area contributed by atoms with Gasteiger partial charge in [-0.2, -0.15) is 0 Å². The number of carbonyl (C=O) groups is 3. The fourth-order valence-electron chi connectivity index (χ4n) is 3.57. The predicted molar refractivity (Wildman–Crippen MR) is 112 cm³/mol. The van der Waals surface area contributed by atoms with E-state index in [-0.39, 0.29) is 10.6 Å². The molecular formula is C22H25ClN2O5. The average molecular weight is 433 g/mol. The molecule has 0 aliphatic carbocycles. The van der Waals surface area contributed by atoms with Crippen LogP contribution in [0.5, 0.6) is 5.75 Å². The zero-order valence-electron chi connectivity index (χ0n) is 17.5. The Morgan fingerprint density at radius 1 is 1.23 bits per heavy atom. The number of hydrogen-bond acceptors (Lipinski definition) is 6. The van der Waals surface area contributed by atoms with Crippen LogP contribution in [0.2, 0.25) is 5.02 Å². The molecule has 1 amide bonds. The molecular weight excluding hydrogens is 408 g/mol. The SMILES string of the molecule is CCOc1ccc(C(=O)C2C(=O)C(=O)N(CCN(C)C)C2c2ccc(C)o2)cc1Cl. The van der Waals surface area contributed by atoms with Crippen molar-refractivity contribution in [2.45, 2.75) is 19.9 Å². The van der Waals surface area contributed by atoms with Gasteiger partial charge in [0, 0.05) is 18.7 Å². The van der Waals surface area contributed by atoms with Crippen LogP contribution in [0.3, 0.4) is 0 Å². The molecule has 8 heteroatoms. The Kier molecular flexibility index (Phi) is 6.63. The van der Waals surface area contributed by atoms with Crippen LogP contribution in [0.25, 0.3) is 0 Å². The van der Waals surface area contributed by atoms with Crippen molar-refractivity contribution in [1.29, 1.82) is 0 Å². The van der Waals surface area contributed by atoms with E-state index in [1.165, 1.54) is 11.0 Å². The number of nitrogens with zero attached hydrogens (tertiary/aromatic N) is 2. The monoisotopic (exact) mass is 432 g/mol. The Morgan fingerprint density at radius 2 is 1.97 bits per heavy atom. The highest BCUT2D eigenvalue weighted by molar-refractivity contribution is 6.44. The molecule has 2 atom stereocenters. The summed E-state index contributed by atoms with van der Waals surface area (Å²) in [5.41, 5.74) is 0.248. The number of ketones is 2. The van der Waals surface area contributed by atoms with E-state index in [0.717, 1.165) is 0 Å². The lowest BCUT2D eigenvalue weighted by Crippen LogP contribution is -2.36. The van der Waals surface area contributed by atoms with Crippen molar-refractivity contribution in [3.8, 4) is 5.75 Å². The van der Waals surface area contributed by atoms with Crippen LogP contribution in [-0.2, 0) is 9.59 Å². The van der Waals surface area contributed by atoms with Gasteiger partial charge in [-0.1, -0.05) is 11.6 Å². The largest absolute Gasteiger partial charge is 0.492 e. The van der Waals surface area contributed by atoms with Crippen molar-refractivity contribution in [3.05, 3.63) is 52.4 Å². The summed E-state index contributed by atoms with van der Waals surface area (Å²) in [7, 11) is 3.75. The molecule has 1 aliphatic heterocycles. The lowest BCUT2D eigenvalue weighted by atomic mass is 9.88. The van der Waals surface area contributed by atoms with E-state index in [2.05, 4.69) is 0 Å². The van der Waals surface area contributed by atoms with Gasteiger partial charge in [-0.05, 0) is 58.3 Å². The molecule has 3 rings (SSSR count). The summed E-state index contributed by atoms with van der Waals surface area (Å²) >= 11 is 6.23. The molecule has 2 heterocycles. The number of carbonyl (C=O) groups excluding carboxylic acids is 3. The molecule has 1 aromatic heterocycles. The number of benzene rings is 1. The highest BCUT2D eigenvalue weighted by Crippen LogP contribution is 2.39. The molecule has 1 fully saturated rings. The second-order valence-corrected chi connectivity index (χ2v) is 7.89. The average Bonchev–Trinajstić information content (AvgIpc) is 3.23. The molecule has 30 heavy (non-hydrogen) atoms. The van der Waals surface area contributed by atoms with E-state index in [1.807, 2.05) is 25.9 Å². The third-order valence-electron chi connectivity index (χ3n) is 5.05. The van der Waals surface area contributed by atoms with Crippen molar-refractivity contribution in [2.24, 2.45) is 5.92 Å². The van der Waals surface area contributed by atoms with E-state index in [4.69, 9.17) is 20.8 Å². The highest BCUT2D eigenvalue weighted by atomic mass is 35.5. The van der Waals surface area contributed by atoms with E-state index < -0.39 is 29.4 Å². The van der Waals surface area contributed by atoms with Gasteiger partial charge in [0.05, 0.1) is 11.6 Å². The van der Waals surface area contributed by atoms with Crippen molar-refractivity contribution in [2.75, 3.05) is 33.8 Å². The molecule has 1 aromatic carbocycles. The zero-order valence-corrected chi connectivity index (χ0v) is 18.2. The lowest BCUT2D eigenvalue weighted by Gasteiger charge is -2.26. The third kappa shape index (κ3) is 4.27. The Bertz CT molecular complexity index is 968. The molecule has 0 radical (unpaired) electrons. The number of likely N-dealkylation sites (N-methyl/N-ethyl adjacent to an activating group) is 1. The summed E-state index contributed by atoms with van der Waals surface area (Å²) in [4.78, 5) is 42.4. The number of furan rings is 1. The molecule has 2 aromatic rings. The molecule has 1 aliphatic rings. The van der Waals surface area contributed by atoms with E-state index >= 15 is 0 Å². The van der Waals surface area contributed by atoms with Gasteiger partial charge in [0.1, 0.15) is 29.2 Å². The maximum atomic E-state index is 13.3. The maximum Gasteiger partial charge on any atom is 0.291 e. The second kappa shape index (κ2) is 9.02. The first-order valence-electron chi connectivity index (χ1n) is 9.77. The van der Waals surface area contributed by atoms with Gasteiger partial charge in [0.25, 0.3) is 5.91 Å². The highest BCUT2D eigenvalue weighted by Gasteiger charge is 2.52. The fraction of sp³-hybridized carbons (Fsp3) is 0.409. The summed E-state index contributed by atoms with van der Waals surface area (Å²) in [6.45, 7) is 4.88. The van der Waals surface area contributed by atoms with Crippen LogP contribution in [0.1, 0.15) is 34.8 Å². The smallest absolute Gasteiger partial charge is 0.291 e. The van der Waals surface area contributed by atoms with Gasteiger partial charge in [-0.25, -0.2) is 0 Å². The summed E-state index contributed by atoms with van der Waals surface area (Å²) < 4.78 is 11.1. The quantitative estimate of drug-likeness (QED) is 0.362. The fourth-order valence-corrected chi connectivity index (χ4v) is 3.81. The first-order valence-corrected chi connectivity index (χ1v) is 10.1. The minimum Gasteiger partial charge on any atom is -0.492 e. The summed E-state index contributed by atoms with van der Waals surface area (Å²) in [6, 6.07) is 7.29. The molecule has 1 saturated heterocycles. The summed E-state index contributed by atoms with van der Waals surface area (Å²) in [5.74, 6) is -1.56. The standard InChI is InChI=1S/C22H25ClN2O5/c1-5-29-16-9-7-14(12-15(16)23)20(26)18-19(17-8-6-13(2)30-17)25(11-10-24(3)4)22(28)21(18)27/h6-9,12,18-19H,5,10-11H2,1-4H3.